The maximum atomic E-state index is 13.4. The molecule has 0 aromatic carbocycles. The van der Waals surface area contributed by atoms with Gasteiger partial charge in [0, 0.05) is 5.56 Å². The summed E-state index contributed by atoms with van der Waals surface area (Å²) in [6, 6.07) is 0. The van der Waals surface area contributed by atoms with E-state index in [9.17, 15) is 9.18 Å². The number of hydrogen-bond donors (Lipinski definition) is 1. The second-order valence-electron chi connectivity index (χ2n) is 3.05. The van der Waals surface area contributed by atoms with Crippen LogP contribution in [0.5, 0.6) is 0 Å². The van der Waals surface area contributed by atoms with Crippen molar-refractivity contribution in [2.45, 2.75) is 6.92 Å². The van der Waals surface area contributed by atoms with Gasteiger partial charge in [-0.15, -0.1) is 0 Å². The molecule has 0 radical (unpaired) electrons. The van der Waals surface area contributed by atoms with Crippen molar-refractivity contribution in [1.82, 2.24) is 19.9 Å². The second-order valence-corrected chi connectivity index (χ2v) is 3.41. The summed E-state index contributed by atoms with van der Waals surface area (Å²) in [4.78, 5) is 24.8. The summed E-state index contributed by atoms with van der Waals surface area (Å²) in [6.07, 6.45) is 2.17. The molecule has 0 atom stereocenters. The van der Waals surface area contributed by atoms with Gasteiger partial charge in [-0.1, -0.05) is 0 Å². The Morgan fingerprint density at radius 3 is 2.88 bits per heavy atom. The van der Waals surface area contributed by atoms with Crippen LogP contribution < -0.4 is 5.56 Å². The van der Waals surface area contributed by atoms with E-state index in [4.69, 9.17) is 11.6 Å². The van der Waals surface area contributed by atoms with Gasteiger partial charge in [-0.2, -0.15) is 0 Å². The molecule has 2 aromatic heterocycles. The Bertz CT molecular complexity index is 598. The van der Waals surface area contributed by atoms with Crippen molar-refractivity contribution in [3.8, 4) is 11.4 Å². The fourth-order valence-corrected chi connectivity index (χ4v) is 1.39. The van der Waals surface area contributed by atoms with E-state index in [1.165, 1.54) is 13.3 Å². The number of aromatic amines is 1. The van der Waals surface area contributed by atoms with E-state index in [1.54, 1.807) is 0 Å². The Kier molecular flexibility index (Phi) is 2.66. The molecule has 0 aliphatic heterocycles. The number of H-pyrrole nitrogens is 1. The highest BCUT2D eigenvalue weighted by Crippen LogP contribution is 2.19. The van der Waals surface area contributed by atoms with E-state index in [1.807, 2.05) is 0 Å². The minimum absolute atomic E-state index is 0.0412. The van der Waals surface area contributed by atoms with Crippen LogP contribution in [0.15, 0.2) is 17.3 Å². The van der Waals surface area contributed by atoms with E-state index >= 15 is 0 Å². The van der Waals surface area contributed by atoms with Gasteiger partial charge >= 0.3 is 0 Å². The van der Waals surface area contributed by atoms with Crippen LogP contribution in [0.2, 0.25) is 5.28 Å². The third-order valence-electron chi connectivity index (χ3n) is 2.01. The average Bonchev–Trinajstić information content (AvgIpc) is 2.24. The first-order valence-corrected chi connectivity index (χ1v) is 4.69. The topological polar surface area (TPSA) is 71.5 Å². The van der Waals surface area contributed by atoms with Crippen molar-refractivity contribution < 1.29 is 4.39 Å². The highest BCUT2D eigenvalue weighted by Gasteiger charge is 2.14. The zero-order valence-electron chi connectivity index (χ0n) is 8.16. The molecular formula is C9H6ClFN4O. The third kappa shape index (κ3) is 1.79. The van der Waals surface area contributed by atoms with Crippen LogP contribution in [0.25, 0.3) is 11.4 Å². The van der Waals surface area contributed by atoms with Crippen LogP contribution in [0.1, 0.15) is 5.56 Å². The molecule has 0 fully saturated rings. The number of nitrogens with one attached hydrogen (secondary N) is 1. The summed E-state index contributed by atoms with van der Waals surface area (Å²) in [5, 5.41) is -0.108. The minimum atomic E-state index is -0.653. The summed E-state index contributed by atoms with van der Waals surface area (Å²) >= 11 is 5.59. The second kappa shape index (κ2) is 3.97. The molecule has 82 valence electrons. The summed E-state index contributed by atoms with van der Waals surface area (Å²) in [7, 11) is 0. The Morgan fingerprint density at radius 2 is 2.19 bits per heavy atom. The Hall–Kier alpha value is -1.82. The maximum absolute atomic E-state index is 13.4. The van der Waals surface area contributed by atoms with Crippen LogP contribution in [-0.4, -0.2) is 19.9 Å². The maximum Gasteiger partial charge on any atom is 0.255 e. The zero-order valence-corrected chi connectivity index (χ0v) is 8.92. The van der Waals surface area contributed by atoms with E-state index in [2.05, 4.69) is 19.9 Å². The molecule has 2 aromatic rings. The molecule has 16 heavy (non-hydrogen) atoms. The lowest BCUT2D eigenvalue weighted by atomic mass is 10.2. The van der Waals surface area contributed by atoms with Gasteiger partial charge in [-0.25, -0.2) is 19.3 Å². The minimum Gasteiger partial charge on any atom is -0.297 e. The lowest BCUT2D eigenvalue weighted by molar-refractivity contribution is 0.617. The zero-order chi connectivity index (χ0) is 11.7. The fourth-order valence-electron chi connectivity index (χ4n) is 1.22. The third-order valence-corrected chi connectivity index (χ3v) is 2.19. The van der Waals surface area contributed by atoms with Gasteiger partial charge in [-0.05, 0) is 18.5 Å². The van der Waals surface area contributed by atoms with E-state index in [0.29, 0.717) is 0 Å². The molecule has 5 nitrogen and oxygen atoms in total. The molecule has 0 bridgehead atoms. The predicted molar refractivity (Wildman–Crippen MR) is 55.6 cm³/mol. The Labute approximate surface area is 94.4 Å². The molecule has 0 saturated carbocycles. The van der Waals surface area contributed by atoms with Crippen LogP contribution in [0.3, 0.4) is 0 Å². The molecule has 2 rings (SSSR count). The summed E-state index contributed by atoms with van der Waals surface area (Å²) < 4.78 is 13.4. The van der Waals surface area contributed by atoms with E-state index < -0.39 is 11.4 Å². The number of rotatable bonds is 1. The number of halogens is 2. The van der Waals surface area contributed by atoms with E-state index in [-0.39, 0.29) is 22.2 Å². The molecule has 0 aliphatic rings. The van der Waals surface area contributed by atoms with Crippen molar-refractivity contribution in [3.05, 3.63) is 39.5 Å². The molecule has 0 amide bonds. The first kappa shape index (κ1) is 10.7. The highest BCUT2D eigenvalue weighted by molar-refractivity contribution is 6.28. The van der Waals surface area contributed by atoms with Gasteiger partial charge in [-0.3, -0.25) is 9.78 Å². The monoisotopic (exact) mass is 240 g/mol. The molecule has 0 spiro atoms. The molecular weight excluding hydrogens is 235 g/mol. The Balaban J connectivity index is 2.74. The Morgan fingerprint density at radius 1 is 1.44 bits per heavy atom. The number of aromatic nitrogens is 4. The van der Waals surface area contributed by atoms with Crippen molar-refractivity contribution in [2.75, 3.05) is 0 Å². The lowest BCUT2D eigenvalue weighted by Crippen LogP contribution is -2.13. The molecule has 2 heterocycles. The summed E-state index contributed by atoms with van der Waals surface area (Å²) in [5.41, 5.74) is -0.0934. The molecule has 0 saturated heterocycles. The van der Waals surface area contributed by atoms with Crippen LogP contribution >= 0.6 is 11.6 Å². The smallest absolute Gasteiger partial charge is 0.255 e. The highest BCUT2D eigenvalue weighted by atomic mass is 35.5. The van der Waals surface area contributed by atoms with Gasteiger partial charge in [0.2, 0.25) is 5.28 Å². The summed E-state index contributed by atoms with van der Waals surface area (Å²) in [6.45, 7) is 1.51. The standard InChI is InChI=1S/C9H6ClFN4O/c1-4-6(14-9(10)15-8(4)16)7-5(11)2-12-3-13-7/h2-3H,1H3,(H,14,15,16). The first-order valence-electron chi connectivity index (χ1n) is 4.32. The van der Waals surface area contributed by atoms with Crippen LogP contribution in [-0.2, 0) is 0 Å². The largest absolute Gasteiger partial charge is 0.297 e. The molecule has 7 heteroatoms. The lowest BCUT2D eigenvalue weighted by Gasteiger charge is -2.03. The predicted octanol–water partition coefficient (Wildman–Crippen LogP) is 1.33. The van der Waals surface area contributed by atoms with Gasteiger partial charge in [0.25, 0.3) is 5.56 Å². The van der Waals surface area contributed by atoms with Gasteiger partial charge in [0.1, 0.15) is 17.7 Å². The van der Waals surface area contributed by atoms with Crippen molar-refractivity contribution in [3.63, 3.8) is 0 Å². The van der Waals surface area contributed by atoms with Gasteiger partial charge < -0.3 is 0 Å². The van der Waals surface area contributed by atoms with Gasteiger partial charge in [0.05, 0.1) is 6.20 Å². The van der Waals surface area contributed by atoms with Crippen molar-refractivity contribution in [1.29, 1.82) is 0 Å². The van der Waals surface area contributed by atoms with Crippen LogP contribution in [0, 0.1) is 12.7 Å². The fraction of sp³-hybridized carbons (Fsp3) is 0.111. The van der Waals surface area contributed by atoms with Crippen molar-refractivity contribution in [2.24, 2.45) is 0 Å². The molecule has 0 aliphatic carbocycles. The molecule has 1 N–H and O–H groups in total. The SMILES string of the molecule is Cc1c(-c2ncncc2F)nc(Cl)[nH]c1=O. The number of nitrogens with zero attached hydrogens (tertiary/aromatic N) is 3. The van der Waals surface area contributed by atoms with Crippen molar-refractivity contribution >= 4 is 11.6 Å². The summed E-state index contributed by atoms with van der Waals surface area (Å²) in [5.74, 6) is -0.653. The van der Waals surface area contributed by atoms with Gasteiger partial charge in [0.15, 0.2) is 5.82 Å². The normalized spacial score (nSPS) is 10.4. The quantitative estimate of drug-likeness (QED) is 0.764. The van der Waals surface area contributed by atoms with Crippen LogP contribution in [0.4, 0.5) is 4.39 Å². The number of hydrogen-bond acceptors (Lipinski definition) is 4. The average molecular weight is 241 g/mol. The molecule has 0 unspecified atom stereocenters. The first-order chi connectivity index (χ1) is 7.59. The van der Waals surface area contributed by atoms with E-state index in [0.717, 1.165) is 6.20 Å².